The first-order valence-corrected chi connectivity index (χ1v) is 12.2. The van der Waals surface area contributed by atoms with Gasteiger partial charge in [-0.05, 0) is 79.1 Å². The molecule has 1 amide bonds. The largest absolute Gasteiger partial charge is 0.507 e. The second kappa shape index (κ2) is 11.2. The Labute approximate surface area is 221 Å². The number of carbonyl (C=O) groups is 3. The lowest BCUT2D eigenvalue weighted by Gasteiger charge is -2.26. The minimum absolute atomic E-state index is 0.0538. The van der Waals surface area contributed by atoms with Crippen LogP contribution in [-0.2, 0) is 14.3 Å². The van der Waals surface area contributed by atoms with Crippen LogP contribution in [0.2, 0.25) is 0 Å². The summed E-state index contributed by atoms with van der Waals surface area (Å²) in [4.78, 5) is 40.0. The van der Waals surface area contributed by atoms with Gasteiger partial charge in [0.1, 0.15) is 17.3 Å². The molecule has 196 valence electrons. The van der Waals surface area contributed by atoms with Crippen molar-refractivity contribution in [1.29, 1.82) is 0 Å². The van der Waals surface area contributed by atoms with Crippen molar-refractivity contribution in [3.8, 4) is 11.5 Å². The zero-order chi connectivity index (χ0) is 27.4. The minimum Gasteiger partial charge on any atom is -0.507 e. The summed E-state index contributed by atoms with van der Waals surface area (Å²) < 4.78 is 15.9. The lowest BCUT2D eigenvalue weighted by atomic mass is 9.94. The van der Waals surface area contributed by atoms with Crippen LogP contribution in [0.25, 0.3) is 5.76 Å². The van der Waals surface area contributed by atoms with E-state index in [0.29, 0.717) is 40.5 Å². The fourth-order valence-corrected chi connectivity index (χ4v) is 4.43. The SMILES string of the molecule is CCCOc1ccc(/C(O)=C2/C(=O)C(=O)N(c3ccc(C(=O)OC)cc3)C2c2cccc(OC)c2)cc1C. The maximum Gasteiger partial charge on any atom is 0.337 e. The molecule has 4 rings (SSSR count). The molecule has 1 fully saturated rings. The van der Waals surface area contributed by atoms with Crippen LogP contribution in [0.3, 0.4) is 0 Å². The lowest BCUT2D eigenvalue weighted by molar-refractivity contribution is -0.132. The molecule has 1 N–H and O–H groups in total. The summed E-state index contributed by atoms with van der Waals surface area (Å²) in [6.45, 7) is 4.42. The van der Waals surface area contributed by atoms with Crippen molar-refractivity contribution in [1.82, 2.24) is 0 Å². The van der Waals surface area contributed by atoms with E-state index in [1.807, 2.05) is 13.8 Å². The van der Waals surface area contributed by atoms with Crippen molar-refractivity contribution in [2.24, 2.45) is 0 Å². The van der Waals surface area contributed by atoms with Gasteiger partial charge in [0.05, 0.1) is 38.0 Å². The molecule has 1 aliphatic rings. The number of ether oxygens (including phenoxy) is 3. The number of carbonyl (C=O) groups excluding carboxylic acids is 3. The van der Waals surface area contributed by atoms with Crippen LogP contribution in [0, 0.1) is 6.92 Å². The summed E-state index contributed by atoms with van der Waals surface area (Å²) in [7, 11) is 2.80. The summed E-state index contributed by atoms with van der Waals surface area (Å²) in [5.74, 6) is -1.23. The van der Waals surface area contributed by atoms with E-state index in [-0.39, 0.29) is 11.3 Å². The molecule has 1 unspecified atom stereocenters. The summed E-state index contributed by atoms with van der Waals surface area (Å²) in [5, 5.41) is 11.4. The van der Waals surface area contributed by atoms with E-state index < -0.39 is 23.7 Å². The summed E-state index contributed by atoms with van der Waals surface area (Å²) in [6, 6.07) is 17.3. The van der Waals surface area contributed by atoms with Crippen LogP contribution in [0.5, 0.6) is 11.5 Å². The highest BCUT2D eigenvalue weighted by Crippen LogP contribution is 2.43. The summed E-state index contributed by atoms with van der Waals surface area (Å²) in [6.07, 6.45) is 0.853. The van der Waals surface area contributed by atoms with Gasteiger partial charge in [0, 0.05) is 11.3 Å². The van der Waals surface area contributed by atoms with Crippen molar-refractivity contribution >= 4 is 29.1 Å². The molecule has 3 aromatic carbocycles. The predicted octanol–water partition coefficient (Wildman–Crippen LogP) is 5.21. The number of anilines is 1. The van der Waals surface area contributed by atoms with E-state index in [1.54, 1.807) is 54.6 Å². The number of benzene rings is 3. The van der Waals surface area contributed by atoms with Gasteiger partial charge >= 0.3 is 5.97 Å². The number of aliphatic hydroxyl groups excluding tert-OH is 1. The van der Waals surface area contributed by atoms with Crippen molar-refractivity contribution in [3.05, 3.63) is 94.6 Å². The Morgan fingerprint density at radius 1 is 0.974 bits per heavy atom. The topological polar surface area (TPSA) is 102 Å². The third-order valence-electron chi connectivity index (χ3n) is 6.33. The first-order valence-electron chi connectivity index (χ1n) is 12.2. The Morgan fingerprint density at radius 3 is 2.32 bits per heavy atom. The highest BCUT2D eigenvalue weighted by atomic mass is 16.5. The number of aliphatic hydroxyl groups is 1. The fourth-order valence-electron chi connectivity index (χ4n) is 4.43. The number of ketones is 1. The zero-order valence-electron chi connectivity index (χ0n) is 21.7. The highest BCUT2D eigenvalue weighted by Gasteiger charge is 2.47. The van der Waals surface area contributed by atoms with E-state index in [0.717, 1.165) is 12.0 Å². The Kier molecular flexibility index (Phi) is 7.81. The third-order valence-corrected chi connectivity index (χ3v) is 6.33. The molecule has 1 saturated heterocycles. The molecule has 8 nitrogen and oxygen atoms in total. The van der Waals surface area contributed by atoms with Crippen LogP contribution >= 0.6 is 0 Å². The van der Waals surface area contributed by atoms with Gasteiger partial charge in [0.25, 0.3) is 11.7 Å². The fraction of sp³-hybridized carbons (Fsp3) is 0.233. The lowest BCUT2D eigenvalue weighted by Crippen LogP contribution is -2.29. The Bertz CT molecular complexity index is 1410. The standard InChI is InChI=1S/C30H29NO7/c1-5-15-38-24-14-11-21(16-18(24)2)27(32)25-26(20-7-6-8-23(17-20)36-3)31(29(34)28(25)33)22-12-9-19(10-13-22)30(35)37-4/h6-14,16-17,26,32H,5,15H2,1-4H3/b27-25-. The molecule has 1 aliphatic heterocycles. The van der Waals surface area contributed by atoms with Gasteiger partial charge in [-0.2, -0.15) is 0 Å². The molecule has 0 aliphatic carbocycles. The quantitative estimate of drug-likeness (QED) is 0.190. The maximum atomic E-state index is 13.4. The Balaban J connectivity index is 1.87. The number of amides is 1. The van der Waals surface area contributed by atoms with E-state index >= 15 is 0 Å². The average molecular weight is 516 g/mol. The number of aryl methyl sites for hydroxylation is 1. The van der Waals surface area contributed by atoms with Crippen LogP contribution in [-0.4, -0.2) is 43.6 Å². The molecule has 8 heteroatoms. The van der Waals surface area contributed by atoms with Crippen LogP contribution in [0.15, 0.2) is 72.3 Å². The van der Waals surface area contributed by atoms with Gasteiger partial charge in [-0.1, -0.05) is 19.1 Å². The molecule has 0 aromatic heterocycles. The summed E-state index contributed by atoms with van der Waals surface area (Å²) in [5.41, 5.74) is 2.37. The van der Waals surface area contributed by atoms with Crippen molar-refractivity contribution in [2.75, 3.05) is 25.7 Å². The van der Waals surface area contributed by atoms with Gasteiger partial charge in [0.2, 0.25) is 0 Å². The minimum atomic E-state index is -0.939. The monoisotopic (exact) mass is 515 g/mol. The number of esters is 1. The molecule has 0 spiro atoms. The van der Waals surface area contributed by atoms with Crippen molar-refractivity contribution < 1.29 is 33.7 Å². The third kappa shape index (κ3) is 4.98. The molecule has 0 bridgehead atoms. The molecule has 1 atom stereocenters. The first-order chi connectivity index (χ1) is 18.3. The first kappa shape index (κ1) is 26.5. The Hall–Kier alpha value is -4.59. The van der Waals surface area contributed by atoms with Crippen LogP contribution < -0.4 is 14.4 Å². The second-order valence-corrected chi connectivity index (χ2v) is 8.81. The number of methoxy groups -OCH3 is 2. The van der Waals surface area contributed by atoms with Crippen molar-refractivity contribution in [2.45, 2.75) is 26.3 Å². The molecular weight excluding hydrogens is 486 g/mol. The molecule has 1 heterocycles. The zero-order valence-corrected chi connectivity index (χ0v) is 21.7. The number of hydrogen-bond donors (Lipinski definition) is 1. The van der Waals surface area contributed by atoms with E-state index in [4.69, 9.17) is 14.2 Å². The van der Waals surface area contributed by atoms with E-state index in [2.05, 4.69) is 0 Å². The molecular formula is C30H29NO7. The normalized spacial score (nSPS) is 16.4. The van der Waals surface area contributed by atoms with Gasteiger partial charge < -0.3 is 19.3 Å². The molecule has 0 saturated carbocycles. The maximum absolute atomic E-state index is 13.4. The molecule has 38 heavy (non-hydrogen) atoms. The van der Waals surface area contributed by atoms with E-state index in [9.17, 15) is 19.5 Å². The number of Topliss-reactive ketones (excluding diaryl/α,β-unsaturated/α-hetero) is 1. The smallest absolute Gasteiger partial charge is 0.337 e. The summed E-state index contributed by atoms with van der Waals surface area (Å²) >= 11 is 0. The van der Waals surface area contributed by atoms with Gasteiger partial charge in [0.15, 0.2) is 0 Å². The molecule has 0 radical (unpaired) electrons. The van der Waals surface area contributed by atoms with Gasteiger partial charge in [-0.3, -0.25) is 14.5 Å². The van der Waals surface area contributed by atoms with Crippen LogP contribution in [0.1, 0.15) is 46.4 Å². The molecule has 3 aromatic rings. The van der Waals surface area contributed by atoms with Crippen molar-refractivity contribution in [3.63, 3.8) is 0 Å². The van der Waals surface area contributed by atoms with Gasteiger partial charge in [-0.15, -0.1) is 0 Å². The average Bonchev–Trinajstić information content (AvgIpc) is 3.21. The number of hydrogen-bond acceptors (Lipinski definition) is 7. The Morgan fingerprint density at radius 2 is 1.68 bits per heavy atom. The predicted molar refractivity (Wildman–Crippen MR) is 143 cm³/mol. The number of nitrogens with zero attached hydrogens (tertiary/aromatic N) is 1. The number of rotatable bonds is 8. The van der Waals surface area contributed by atoms with Gasteiger partial charge in [-0.25, -0.2) is 4.79 Å². The second-order valence-electron chi connectivity index (χ2n) is 8.81. The van der Waals surface area contributed by atoms with E-state index in [1.165, 1.54) is 31.3 Å². The highest BCUT2D eigenvalue weighted by molar-refractivity contribution is 6.51. The van der Waals surface area contributed by atoms with Crippen LogP contribution in [0.4, 0.5) is 5.69 Å².